The number of hydrogen-bond acceptors (Lipinski definition) is 6. The van der Waals surface area contributed by atoms with Gasteiger partial charge in [-0.2, -0.15) is 0 Å². The Bertz CT molecular complexity index is 383. The fraction of sp³-hybridized carbons (Fsp3) is 0.692. The number of anilines is 3. The van der Waals surface area contributed by atoms with Crippen molar-refractivity contribution in [3.8, 4) is 0 Å². The molecule has 0 bridgehead atoms. The van der Waals surface area contributed by atoms with Crippen LogP contribution in [0.25, 0.3) is 0 Å². The van der Waals surface area contributed by atoms with Crippen molar-refractivity contribution in [2.45, 2.75) is 33.2 Å². The van der Waals surface area contributed by atoms with E-state index in [2.05, 4.69) is 34.4 Å². The van der Waals surface area contributed by atoms with Gasteiger partial charge in [0.2, 0.25) is 0 Å². The Kier molecular flexibility index (Phi) is 6.35. The third-order valence-corrected chi connectivity index (χ3v) is 2.70. The molecule has 1 heterocycles. The van der Waals surface area contributed by atoms with Crippen LogP contribution < -0.4 is 16.4 Å². The van der Waals surface area contributed by atoms with Crippen LogP contribution in [0.3, 0.4) is 0 Å². The number of nitrogens with zero attached hydrogens (tertiary/aromatic N) is 2. The minimum atomic E-state index is 0.144. The van der Waals surface area contributed by atoms with E-state index >= 15 is 0 Å². The molecule has 0 amide bonds. The van der Waals surface area contributed by atoms with Crippen LogP contribution in [0.15, 0.2) is 6.33 Å². The smallest absolute Gasteiger partial charge is 0.155 e. The van der Waals surface area contributed by atoms with Crippen molar-refractivity contribution in [2.75, 3.05) is 36.6 Å². The number of hydrogen-bond donors (Lipinski definition) is 3. The van der Waals surface area contributed by atoms with Gasteiger partial charge in [-0.1, -0.05) is 13.8 Å². The third-order valence-electron chi connectivity index (χ3n) is 2.70. The predicted octanol–water partition coefficient (Wildman–Crippen LogP) is 1.96. The van der Waals surface area contributed by atoms with Crippen LogP contribution in [0.4, 0.5) is 17.3 Å². The molecule has 108 valence electrons. The summed E-state index contributed by atoms with van der Waals surface area (Å²) in [4.78, 5) is 8.33. The molecule has 1 atom stereocenters. The number of nitrogens with one attached hydrogen (secondary N) is 2. The normalized spacial score (nSPS) is 12.5. The Balaban J connectivity index is 2.63. The van der Waals surface area contributed by atoms with E-state index in [1.165, 1.54) is 6.33 Å². The van der Waals surface area contributed by atoms with Crippen molar-refractivity contribution >= 4 is 17.3 Å². The summed E-state index contributed by atoms with van der Waals surface area (Å²) in [6, 6.07) is 0.144. The maximum atomic E-state index is 6.05. The highest BCUT2D eigenvalue weighted by Crippen LogP contribution is 2.23. The molecule has 1 aromatic rings. The van der Waals surface area contributed by atoms with Crippen LogP contribution in [0.5, 0.6) is 0 Å². The number of nitrogens with two attached hydrogens (primary N) is 1. The highest BCUT2D eigenvalue weighted by atomic mass is 16.5. The lowest BCUT2D eigenvalue weighted by molar-refractivity contribution is 0.190. The van der Waals surface area contributed by atoms with E-state index < -0.39 is 0 Å². The zero-order chi connectivity index (χ0) is 14.3. The van der Waals surface area contributed by atoms with Gasteiger partial charge in [-0.25, -0.2) is 9.97 Å². The number of nitrogen functional groups attached to an aromatic ring is 1. The molecule has 0 aliphatic heterocycles. The molecule has 1 unspecified atom stereocenters. The second-order valence-electron chi connectivity index (χ2n) is 5.09. The molecule has 6 heteroatoms. The van der Waals surface area contributed by atoms with E-state index in [-0.39, 0.29) is 6.04 Å². The van der Waals surface area contributed by atoms with Gasteiger partial charge in [0.1, 0.15) is 12.0 Å². The van der Waals surface area contributed by atoms with Gasteiger partial charge in [0.15, 0.2) is 11.6 Å². The molecule has 0 radical (unpaired) electrons. The molecule has 4 N–H and O–H groups in total. The van der Waals surface area contributed by atoms with Crippen LogP contribution in [0.2, 0.25) is 0 Å². The van der Waals surface area contributed by atoms with Gasteiger partial charge in [-0.15, -0.1) is 0 Å². The molecule has 1 aromatic heterocycles. The highest BCUT2D eigenvalue weighted by molar-refractivity contribution is 5.74. The van der Waals surface area contributed by atoms with E-state index in [0.717, 1.165) is 13.0 Å². The predicted molar refractivity (Wildman–Crippen MR) is 79.3 cm³/mol. The van der Waals surface area contributed by atoms with E-state index in [1.807, 2.05) is 6.92 Å². The zero-order valence-electron chi connectivity index (χ0n) is 12.2. The molecular weight excluding hydrogens is 242 g/mol. The fourth-order valence-corrected chi connectivity index (χ4v) is 1.66. The molecule has 0 spiro atoms. The molecule has 6 nitrogen and oxygen atoms in total. The summed E-state index contributed by atoms with van der Waals surface area (Å²) < 4.78 is 5.07. The average Bonchev–Trinajstić information content (AvgIpc) is 2.33. The minimum Gasteiger partial charge on any atom is -0.393 e. The van der Waals surface area contributed by atoms with Crippen molar-refractivity contribution in [3.05, 3.63) is 6.33 Å². The Labute approximate surface area is 115 Å². The Morgan fingerprint density at radius 2 is 1.95 bits per heavy atom. The van der Waals surface area contributed by atoms with Gasteiger partial charge in [0, 0.05) is 19.7 Å². The molecule has 0 aliphatic rings. The van der Waals surface area contributed by atoms with Gasteiger partial charge >= 0.3 is 0 Å². The minimum absolute atomic E-state index is 0.144. The largest absolute Gasteiger partial charge is 0.393 e. The topological polar surface area (TPSA) is 85.1 Å². The van der Waals surface area contributed by atoms with Crippen molar-refractivity contribution in [2.24, 2.45) is 5.92 Å². The van der Waals surface area contributed by atoms with Gasteiger partial charge in [0.25, 0.3) is 0 Å². The molecule has 0 aliphatic carbocycles. The van der Waals surface area contributed by atoms with Crippen LogP contribution in [-0.2, 0) is 4.74 Å². The van der Waals surface area contributed by atoms with E-state index in [0.29, 0.717) is 29.8 Å². The molecule has 1 rings (SSSR count). The SMILES string of the molecule is COCC(C)Nc1ncnc(NCCC(C)C)c1N. The summed E-state index contributed by atoms with van der Waals surface area (Å²) in [5, 5.41) is 6.45. The van der Waals surface area contributed by atoms with Gasteiger partial charge < -0.3 is 21.1 Å². The summed E-state index contributed by atoms with van der Waals surface area (Å²) >= 11 is 0. The maximum Gasteiger partial charge on any atom is 0.155 e. The average molecular weight is 267 g/mol. The van der Waals surface area contributed by atoms with Crippen LogP contribution in [-0.4, -0.2) is 36.3 Å². The van der Waals surface area contributed by atoms with Crippen molar-refractivity contribution in [1.82, 2.24) is 9.97 Å². The second kappa shape index (κ2) is 7.78. The third kappa shape index (κ3) is 5.30. The summed E-state index contributed by atoms with van der Waals surface area (Å²) in [5.41, 5.74) is 6.60. The molecule has 0 fully saturated rings. The summed E-state index contributed by atoms with van der Waals surface area (Å²) in [7, 11) is 1.67. The lowest BCUT2D eigenvalue weighted by atomic mass is 10.1. The first-order valence-corrected chi connectivity index (χ1v) is 6.64. The van der Waals surface area contributed by atoms with Gasteiger partial charge in [-0.3, -0.25) is 0 Å². The van der Waals surface area contributed by atoms with E-state index in [9.17, 15) is 0 Å². The first-order valence-electron chi connectivity index (χ1n) is 6.64. The lowest BCUT2D eigenvalue weighted by Gasteiger charge is -2.16. The molecule has 0 saturated heterocycles. The monoisotopic (exact) mass is 267 g/mol. The first kappa shape index (κ1) is 15.5. The lowest BCUT2D eigenvalue weighted by Crippen LogP contribution is -2.22. The molecule has 19 heavy (non-hydrogen) atoms. The number of methoxy groups -OCH3 is 1. The van der Waals surface area contributed by atoms with Crippen LogP contribution in [0, 0.1) is 5.92 Å². The maximum absolute atomic E-state index is 6.05. The molecular formula is C13H25N5O. The number of aromatic nitrogens is 2. The van der Waals surface area contributed by atoms with Crippen LogP contribution >= 0.6 is 0 Å². The quantitative estimate of drug-likeness (QED) is 0.667. The highest BCUT2D eigenvalue weighted by Gasteiger charge is 2.10. The Morgan fingerprint density at radius 1 is 1.26 bits per heavy atom. The first-order chi connectivity index (χ1) is 9.04. The second-order valence-corrected chi connectivity index (χ2v) is 5.09. The zero-order valence-corrected chi connectivity index (χ0v) is 12.2. The number of ether oxygens (including phenoxy) is 1. The van der Waals surface area contributed by atoms with Crippen molar-refractivity contribution < 1.29 is 4.74 Å². The summed E-state index contributed by atoms with van der Waals surface area (Å²) in [6.07, 6.45) is 2.59. The van der Waals surface area contributed by atoms with Crippen molar-refractivity contribution in [3.63, 3.8) is 0 Å². The van der Waals surface area contributed by atoms with Gasteiger partial charge in [0.05, 0.1) is 6.61 Å². The molecule has 0 aromatic carbocycles. The van der Waals surface area contributed by atoms with E-state index in [1.54, 1.807) is 7.11 Å². The number of rotatable bonds is 8. The van der Waals surface area contributed by atoms with Crippen molar-refractivity contribution in [1.29, 1.82) is 0 Å². The summed E-state index contributed by atoms with van der Waals surface area (Å²) in [6.45, 7) is 7.83. The molecule has 0 saturated carbocycles. The van der Waals surface area contributed by atoms with E-state index in [4.69, 9.17) is 10.5 Å². The summed E-state index contributed by atoms with van der Waals surface area (Å²) in [5.74, 6) is 1.98. The Hall–Kier alpha value is -1.56. The Morgan fingerprint density at radius 3 is 2.58 bits per heavy atom. The standard InChI is InChI=1S/C13H25N5O/c1-9(2)5-6-15-12-11(14)13(17-8-16-12)18-10(3)7-19-4/h8-10H,5-7,14H2,1-4H3,(H2,15,16,17,18). The van der Waals surface area contributed by atoms with Gasteiger partial charge in [-0.05, 0) is 19.3 Å². The fourth-order valence-electron chi connectivity index (χ4n) is 1.66. The van der Waals surface area contributed by atoms with Crippen LogP contribution in [0.1, 0.15) is 27.2 Å².